The molecule has 0 heterocycles. The summed E-state index contributed by atoms with van der Waals surface area (Å²) < 4.78 is 29.9. The molecule has 0 aromatic carbocycles. The Morgan fingerprint density at radius 2 is 2.00 bits per heavy atom. The summed E-state index contributed by atoms with van der Waals surface area (Å²) in [5, 5.41) is 2.33. The van der Waals surface area contributed by atoms with Crippen LogP contribution >= 0.6 is 15.9 Å². The second kappa shape index (κ2) is 6.92. The smallest absolute Gasteiger partial charge is 0.748 e. The molecule has 0 aromatic heterocycles. The van der Waals surface area contributed by atoms with Crippen LogP contribution in [0.25, 0.3) is 0 Å². The van der Waals surface area contributed by atoms with Crippen molar-refractivity contribution in [2.75, 3.05) is 17.6 Å². The van der Waals surface area contributed by atoms with Gasteiger partial charge in [0, 0.05) is 6.54 Å². The fourth-order valence-electron chi connectivity index (χ4n) is 0.363. The van der Waals surface area contributed by atoms with Gasteiger partial charge in [-0.1, -0.05) is 15.9 Å². The number of hydrogen-bond donors (Lipinski definition) is 1. The van der Waals surface area contributed by atoms with Crippen molar-refractivity contribution in [1.29, 1.82) is 0 Å². The van der Waals surface area contributed by atoms with Crippen LogP contribution in [0.4, 0.5) is 0 Å². The molecule has 0 saturated heterocycles. The summed E-state index contributed by atoms with van der Waals surface area (Å²) in [5.74, 6) is -0.903. The number of carbonyl (C=O) groups is 1. The van der Waals surface area contributed by atoms with E-state index >= 15 is 0 Å². The van der Waals surface area contributed by atoms with Gasteiger partial charge >= 0.3 is 18.9 Å². The van der Waals surface area contributed by atoms with Crippen molar-refractivity contribution in [2.24, 2.45) is 0 Å². The van der Waals surface area contributed by atoms with Crippen LogP contribution < -0.4 is 24.2 Å². The average Bonchev–Trinajstić information content (AvgIpc) is 1.85. The Hall–Kier alpha value is 0.457. The number of rotatable bonds is 4. The summed E-state index contributed by atoms with van der Waals surface area (Å²) in [5.41, 5.74) is 0. The standard InChI is InChI=1S/C4H8BrNO4S.Li/c5-3-4(7)6-1-2-11(8,9)10;/h1-3H2,(H,6,7)(H,8,9,10);/q;+1/p-1. The number of nitrogens with one attached hydrogen (secondary N) is 1. The number of halogens is 1. The molecule has 0 rings (SSSR count). The fraction of sp³-hybridized carbons (Fsp3) is 0.750. The molecule has 12 heavy (non-hydrogen) atoms. The predicted molar refractivity (Wildman–Crippen MR) is 41.4 cm³/mol. The van der Waals surface area contributed by atoms with E-state index in [4.69, 9.17) is 0 Å². The Labute approximate surface area is 91.3 Å². The van der Waals surface area contributed by atoms with Gasteiger partial charge in [0.2, 0.25) is 5.91 Å². The Morgan fingerprint density at radius 3 is 2.33 bits per heavy atom. The van der Waals surface area contributed by atoms with Gasteiger partial charge in [0.1, 0.15) is 0 Å². The molecule has 0 atom stereocenters. The van der Waals surface area contributed by atoms with E-state index in [-0.39, 0.29) is 36.6 Å². The van der Waals surface area contributed by atoms with Gasteiger partial charge < -0.3 is 9.87 Å². The van der Waals surface area contributed by atoms with Crippen LogP contribution in [0, 0.1) is 0 Å². The summed E-state index contributed by atoms with van der Waals surface area (Å²) >= 11 is 2.86. The van der Waals surface area contributed by atoms with Crippen molar-refractivity contribution in [3.05, 3.63) is 0 Å². The predicted octanol–water partition coefficient (Wildman–Crippen LogP) is -3.95. The molecule has 0 radical (unpaired) electrons. The zero-order chi connectivity index (χ0) is 8.91. The van der Waals surface area contributed by atoms with E-state index < -0.39 is 15.9 Å². The fourth-order valence-corrected chi connectivity index (χ4v) is 0.913. The van der Waals surface area contributed by atoms with Crippen LogP contribution in [0.15, 0.2) is 0 Å². The molecule has 66 valence electrons. The Kier molecular flexibility index (Phi) is 8.62. The topological polar surface area (TPSA) is 86.3 Å². The number of alkyl halides is 1. The molecule has 0 aromatic rings. The third kappa shape index (κ3) is 10.5. The van der Waals surface area contributed by atoms with Crippen LogP contribution in [0.3, 0.4) is 0 Å². The Morgan fingerprint density at radius 1 is 1.50 bits per heavy atom. The molecular weight excluding hydrogens is 245 g/mol. The van der Waals surface area contributed by atoms with E-state index in [9.17, 15) is 17.8 Å². The zero-order valence-electron chi connectivity index (χ0n) is 6.54. The first-order chi connectivity index (χ1) is 4.95. The molecule has 0 aliphatic carbocycles. The molecule has 8 heteroatoms. The molecule has 0 aliphatic rings. The van der Waals surface area contributed by atoms with Gasteiger partial charge in [-0.25, -0.2) is 8.42 Å². The largest absolute Gasteiger partial charge is 1.00 e. The minimum atomic E-state index is -4.21. The summed E-state index contributed by atoms with van der Waals surface area (Å²) in [7, 11) is -4.21. The summed E-state index contributed by atoms with van der Waals surface area (Å²) in [6, 6.07) is 0. The van der Waals surface area contributed by atoms with Crippen LogP contribution in [0.5, 0.6) is 0 Å². The quantitative estimate of drug-likeness (QED) is 0.314. The van der Waals surface area contributed by atoms with Crippen molar-refractivity contribution < 1.29 is 36.6 Å². The van der Waals surface area contributed by atoms with Crippen molar-refractivity contribution >= 4 is 32.0 Å². The molecule has 1 amide bonds. The first-order valence-corrected chi connectivity index (χ1v) is 5.42. The van der Waals surface area contributed by atoms with Gasteiger partial charge in [0.05, 0.1) is 21.2 Å². The molecule has 0 fully saturated rings. The van der Waals surface area contributed by atoms with Crippen LogP contribution in [-0.2, 0) is 14.9 Å². The zero-order valence-corrected chi connectivity index (χ0v) is 8.94. The van der Waals surface area contributed by atoms with Crippen LogP contribution in [-0.4, -0.2) is 36.5 Å². The van der Waals surface area contributed by atoms with Crippen LogP contribution in [0.2, 0.25) is 0 Å². The second-order valence-corrected chi connectivity index (χ2v) is 3.83. The van der Waals surface area contributed by atoms with E-state index in [0.29, 0.717) is 0 Å². The first kappa shape index (κ1) is 15.0. The molecule has 0 aliphatic heterocycles. The maximum absolute atomic E-state index is 10.4. The summed E-state index contributed by atoms with van der Waals surface area (Å²) in [6.45, 7) is -0.129. The molecule has 5 nitrogen and oxygen atoms in total. The van der Waals surface area contributed by atoms with Gasteiger partial charge in [-0.05, 0) is 0 Å². The molecule has 0 saturated carbocycles. The third-order valence-corrected chi connectivity index (χ3v) is 2.01. The summed E-state index contributed by atoms with van der Waals surface area (Å²) in [6.07, 6.45) is 0. The SMILES string of the molecule is O=C(CBr)NCCS(=O)(=O)[O-].[Li+]. The maximum atomic E-state index is 10.4. The van der Waals surface area contributed by atoms with Crippen molar-refractivity contribution in [2.45, 2.75) is 0 Å². The van der Waals surface area contributed by atoms with E-state index in [0.717, 1.165) is 0 Å². The molecule has 0 spiro atoms. The van der Waals surface area contributed by atoms with Gasteiger partial charge in [-0.3, -0.25) is 4.79 Å². The minimum Gasteiger partial charge on any atom is -0.748 e. The molecule has 0 unspecified atom stereocenters. The summed E-state index contributed by atoms with van der Waals surface area (Å²) in [4.78, 5) is 10.4. The second-order valence-electron chi connectivity index (χ2n) is 1.75. The van der Waals surface area contributed by atoms with Gasteiger partial charge in [-0.15, -0.1) is 0 Å². The monoisotopic (exact) mass is 251 g/mol. The van der Waals surface area contributed by atoms with E-state index in [1.54, 1.807) is 0 Å². The van der Waals surface area contributed by atoms with Crippen molar-refractivity contribution in [1.82, 2.24) is 5.32 Å². The number of hydrogen-bond acceptors (Lipinski definition) is 4. The van der Waals surface area contributed by atoms with Crippen molar-refractivity contribution in [3.63, 3.8) is 0 Å². The van der Waals surface area contributed by atoms with Crippen molar-refractivity contribution in [3.8, 4) is 0 Å². The Bertz CT molecular complexity index is 229. The maximum Gasteiger partial charge on any atom is 1.00 e. The Balaban J connectivity index is 0. The first-order valence-electron chi connectivity index (χ1n) is 2.72. The number of carbonyl (C=O) groups excluding carboxylic acids is 1. The number of amides is 1. The normalized spacial score (nSPS) is 10.2. The third-order valence-electron chi connectivity index (χ3n) is 0.796. The van der Waals surface area contributed by atoms with E-state index in [2.05, 4.69) is 21.2 Å². The van der Waals surface area contributed by atoms with Gasteiger partial charge in [0.15, 0.2) is 0 Å². The van der Waals surface area contributed by atoms with Gasteiger partial charge in [0.25, 0.3) is 0 Å². The minimum absolute atomic E-state index is 0. The van der Waals surface area contributed by atoms with E-state index in [1.165, 1.54) is 0 Å². The van der Waals surface area contributed by atoms with Crippen LogP contribution in [0.1, 0.15) is 0 Å². The molecular formula is C4H7BrLiNO4S. The molecule has 1 N–H and O–H groups in total. The van der Waals surface area contributed by atoms with E-state index in [1.807, 2.05) is 0 Å². The molecule has 0 bridgehead atoms. The average molecular weight is 252 g/mol. The van der Waals surface area contributed by atoms with Gasteiger partial charge in [-0.2, -0.15) is 0 Å².